The van der Waals surface area contributed by atoms with Gasteiger partial charge in [0.25, 0.3) is 5.91 Å². The Bertz CT molecular complexity index is 260. The quantitative estimate of drug-likeness (QED) is 0.453. The number of amides is 2. The number of rotatable bonds is 3. The lowest BCUT2D eigenvalue weighted by atomic mass is 10.2. The van der Waals surface area contributed by atoms with Crippen molar-refractivity contribution in [3.8, 4) is 0 Å². The molecule has 0 radical (unpaired) electrons. The molecule has 0 aromatic heterocycles. The van der Waals surface area contributed by atoms with E-state index in [1.165, 1.54) is 0 Å². The van der Waals surface area contributed by atoms with Crippen molar-refractivity contribution in [1.82, 2.24) is 10.6 Å². The molecular weight excluding hydrogens is 200 g/mol. The molecule has 1 heterocycles. The first-order valence-corrected chi connectivity index (χ1v) is 5.15. The van der Waals surface area contributed by atoms with Crippen molar-refractivity contribution in [2.45, 2.75) is 18.9 Å². The summed E-state index contributed by atoms with van der Waals surface area (Å²) in [5.41, 5.74) is 0.305. The summed E-state index contributed by atoms with van der Waals surface area (Å²) in [7, 11) is 0. The van der Waals surface area contributed by atoms with Crippen LogP contribution in [0.4, 0.5) is 0 Å². The second kappa shape index (κ2) is 5.17. The first-order valence-electron chi connectivity index (χ1n) is 4.52. The van der Waals surface area contributed by atoms with Crippen LogP contribution in [-0.4, -0.2) is 30.2 Å². The summed E-state index contributed by atoms with van der Waals surface area (Å²) in [6.07, 6.45) is 1.76. The molecule has 0 spiro atoms. The lowest BCUT2D eigenvalue weighted by Crippen LogP contribution is -2.43. The van der Waals surface area contributed by atoms with Crippen LogP contribution < -0.4 is 10.6 Å². The Hall–Kier alpha value is -0.810. The van der Waals surface area contributed by atoms with Crippen LogP contribution in [-0.2, 0) is 9.59 Å². The van der Waals surface area contributed by atoms with Gasteiger partial charge < -0.3 is 5.32 Å². The monoisotopic (exact) mass is 214 g/mol. The maximum Gasteiger partial charge on any atom is 0.254 e. The number of thiol groups is 1. The molecule has 0 saturated carbocycles. The lowest BCUT2D eigenvalue weighted by molar-refractivity contribution is -0.129. The predicted octanol–water partition coefficient (Wildman–Crippen LogP) is -0.133. The Morgan fingerprint density at radius 3 is 2.79 bits per heavy atom. The Kier molecular flexibility index (Phi) is 4.16. The fraction of sp³-hybridized carbons (Fsp3) is 0.556. The van der Waals surface area contributed by atoms with Gasteiger partial charge in [0.2, 0.25) is 5.91 Å². The average molecular weight is 214 g/mol. The van der Waals surface area contributed by atoms with Crippen LogP contribution in [0.2, 0.25) is 0 Å². The molecule has 2 N–H and O–H groups in total. The third kappa shape index (κ3) is 2.85. The number of carbonyl (C=O) groups excluding carboxylic acids is 2. The first kappa shape index (κ1) is 11.3. The topological polar surface area (TPSA) is 58.2 Å². The second-order valence-electron chi connectivity index (χ2n) is 3.23. The minimum atomic E-state index is -0.432. The Morgan fingerprint density at radius 1 is 1.57 bits per heavy atom. The second-order valence-corrected chi connectivity index (χ2v) is 3.55. The molecule has 4 nitrogen and oxygen atoms in total. The van der Waals surface area contributed by atoms with E-state index >= 15 is 0 Å². The molecule has 78 valence electrons. The maximum absolute atomic E-state index is 11.4. The Morgan fingerprint density at radius 2 is 2.29 bits per heavy atom. The minimum absolute atomic E-state index is 0.230. The van der Waals surface area contributed by atoms with Gasteiger partial charge in [-0.15, -0.1) is 0 Å². The van der Waals surface area contributed by atoms with Crippen molar-refractivity contribution in [2.24, 2.45) is 0 Å². The summed E-state index contributed by atoms with van der Waals surface area (Å²) in [5.74, 6) is -0.439. The van der Waals surface area contributed by atoms with E-state index in [-0.39, 0.29) is 17.7 Å². The highest BCUT2D eigenvalue weighted by Gasteiger charge is 2.23. The van der Waals surface area contributed by atoms with Gasteiger partial charge in [-0.3, -0.25) is 14.9 Å². The summed E-state index contributed by atoms with van der Waals surface area (Å²) in [4.78, 5) is 22.6. The highest BCUT2D eigenvalue weighted by Crippen LogP contribution is 2.04. The summed E-state index contributed by atoms with van der Waals surface area (Å²) >= 11 is 3.90. The molecule has 1 atom stereocenters. The first-order chi connectivity index (χ1) is 6.65. The average Bonchev–Trinajstić information content (AvgIpc) is 2.69. The molecule has 0 bridgehead atoms. The third-order valence-corrected chi connectivity index (χ3v) is 2.51. The molecule has 14 heavy (non-hydrogen) atoms. The molecule has 1 saturated heterocycles. The van der Waals surface area contributed by atoms with E-state index in [0.717, 1.165) is 19.4 Å². The van der Waals surface area contributed by atoms with Crippen molar-refractivity contribution in [2.75, 3.05) is 12.3 Å². The van der Waals surface area contributed by atoms with Crippen molar-refractivity contribution in [3.63, 3.8) is 0 Å². The van der Waals surface area contributed by atoms with Crippen molar-refractivity contribution in [3.05, 3.63) is 12.2 Å². The Balaban J connectivity index is 2.39. The van der Waals surface area contributed by atoms with Gasteiger partial charge in [0, 0.05) is 11.3 Å². The minimum Gasteiger partial charge on any atom is -0.306 e. The number of hydrogen-bond acceptors (Lipinski definition) is 4. The van der Waals surface area contributed by atoms with Crippen LogP contribution >= 0.6 is 12.6 Å². The van der Waals surface area contributed by atoms with Crippen LogP contribution in [0.15, 0.2) is 12.2 Å². The van der Waals surface area contributed by atoms with Gasteiger partial charge in [-0.05, 0) is 19.4 Å². The van der Waals surface area contributed by atoms with Gasteiger partial charge in [-0.2, -0.15) is 12.6 Å². The zero-order valence-corrected chi connectivity index (χ0v) is 8.77. The number of imide groups is 1. The van der Waals surface area contributed by atoms with E-state index in [4.69, 9.17) is 0 Å². The lowest BCUT2D eigenvalue weighted by Gasteiger charge is -2.10. The molecule has 0 aliphatic carbocycles. The van der Waals surface area contributed by atoms with Crippen molar-refractivity contribution >= 4 is 24.4 Å². The van der Waals surface area contributed by atoms with Gasteiger partial charge in [-0.25, -0.2) is 0 Å². The standard InChI is InChI=1S/C9H14N2O2S/c1-6(5-14)8(12)11-9(13)7-3-2-4-10-7/h7,10,14H,1-5H2,(H,11,12,13)/t7-/m0/s1. The van der Waals surface area contributed by atoms with Gasteiger partial charge in [0.05, 0.1) is 6.04 Å². The van der Waals surface area contributed by atoms with E-state index in [9.17, 15) is 9.59 Å². The molecule has 1 aliphatic heterocycles. The largest absolute Gasteiger partial charge is 0.306 e. The fourth-order valence-corrected chi connectivity index (χ4v) is 1.41. The number of carbonyl (C=O) groups is 2. The SMILES string of the molecule is C=C(CS)C(=O)NC(=O)[C@@H]1CCCN1. The van der Waals surface area contributed by atoms with Crippen LogP contribution in [0.25, 0.3) is 0 Å². The van der Waals surface area contributed by atoms with E-state index in [1.54, 1.807) is 0 Å². The Labute approximate surface area is 88.5 Å². The molecule has 2 amide bonds. The number of nitrogens with one attached hydrogen (secondary N) is 2. The highest BCUT2D eigenvalue weighted by molar-refractivity contribution is 7.80. The van der Waals surface area contributed by atoms with Gasteiger partial charge in [-0.1, -0.05) is 6.58 Å². The molecule has 0 aromatic carbocycles. The summed E-state index contributed by atoms with van der Waals surface area (Å²) in [5, 5.41) is 5.29. The highest BCUT2D eigenvalue weighted by atomic mass is 32.1. The molecule has 1 fully saturated rings. The molecule has 1 rings (SSSR count). The van der Waals surface area contributed by atoms with Crippen LogP contribution in [0, 0.1) is 0 Å². The van der Waals surface area contributed by atoms with Crippen molar-refractivity contribution < 1.29 is 9.59 Å². The van der Waals surface area contributed by atoms with Gasteiger partial charge >= 0.3 is 0 Å². The zero-order valence-electron chi connectivity index (χ0n) is 7.88. The summed E-state index contributed by atoms with van der Waals surface area (Å²) < 4.78 is 0. The predicted molar refractivity (Wildman–Crippen MR) is 57.2 cm³/mol. The van der Waals surface area contributed by atoms with Crippen LogP contribution in [0.1, 0.15) is 12.8 Å². The normalized spacial score (nSPS) is 20.5. The van der Waals surface area contributed by atoms with Crippen LogP contribution in [0.3, 0.4) is 0 Å². The van der Waals surface area contributed by atoms with Crippen molar-refractivity contribution in [1.29, 1.82) is 0 Å². The van der Waals surface area contributed by atoms with E-state index in [2.05, 4.69) is 29.8 Å². The van der Waals surface area contributed by atoms with Gasteiger partial charge in [0.1, 0.15) is 0 Å². The van der Waals surface area contributed by atoms with Crippen LogP contribution in [0.5, 0.6) is 0 Å². The summed E-state index contributed by atoms with van der Waals surface area (Å²) in [6.45, 7) is 4.32. The molecular formula is C9H14N2O2S. The third-order valence-electron chi connectivity index (χ3n) is 2.13. The molecule has 0 unspecified atom stereocenters. The smallest absolute Gasteiger partial charge is 0.254 e. The molecule has 1 aliphatic rings. The van der Waals surface area contributed by atoms with E-state index < -0.39 is 5.91 Å². The van der Waals surface area contributed by atoms with E-state index in [1.807, 2.05) is 0 Å². The molecule has 5 heteroatoms. The summed E-state index contributed by atoms with van der Waals surface area (Å²) in [6, 6.07) is -0.230. The molecule has 0 aromatic rings. The van der Waals surface area contributed by atoms with Gasteiger partial charge in [0.15, 0.2) is 0 Å². The fourth-order valence-electron chi connectivity index (χ4n) is 1.27. The maximum atomic E-state index is 11.4. The number of hydrogen-bond donors (Lipinski definition) is 3. The zero-order chi connectivity index (χ0) is 10.6. The van der Waals surface area contributed by atoms with E-state index in [0.29, 0.717) is 5.57 Å².